The van der Waals surface area contributed by atoms with Crippen molar-refractivity contribution in [2.75, 3.05) is 18.4 Å². The SMILES string of the molecule is CCN(CC)S(=O)(=O)c1cccc(C(=O)Nc2cc(C)ccc2F)c1. The lowest BCUT2D eigenvalue weighted by Gasteiger charge is -2.18. The van der Waals surface area contributed by atoms with Gasteiger partial charge in [-0.2, -0.15) is 4.31 Å². The fourth-order valence-electron chi connectivity index (χ4n) is 2.44. The van der Waals surface area contributed by atoms with Crippen molar-refractivity contribution in [1.29, 1.82) is 0 Å². The average Bonchev–Trinajstić information content (AvgIpc) is 2.59. The number of nitrogens with zero attached hydrogens (tertiary/aromatic N) is 1. The van der Waals surface area contributed by atoms with Gasteiger partial charge < -0.3 is 5.32 Å². The van der Waals surface area contributed by atoms with Crippen LogP contribution in [0.3, 0.4) is 0 Å². The third kappa shape index (κ3) is 4.24. The van der Waals surface area contributed by atoms with Crippen molar-refractivity contribution in [2.45, 2.75) is 25.7 Å². The summed E-state index contributed by atoms with van der Waals surface area (Å²) >= 11 is 0. The van der Waals surface area contributed by atoms with E-state index in [4.69, 9.17) is 0 Å². The van der Waals surface area contributed by atoms with Gasteiger partial charge in [0.15, 0.2) is 0 Å². The Kier molecular flexibility index (Phi) is 5.92. The standard InChI is InChI=1S/C18H21FN2O3S/c1-4-21(5-2)25(23,24)15-8-6-7-14(12-15)18(22)20-17-11-13(3)9-10-16(17)19/h6-12H,4-5H2,1-3H3,(H,20,22). The largest absolute Gasteiger partial charge is 0.319 e. The van der Waals surface area contributed by atoms with Gasteiger partial charge in [-0.15, -0.1) is 0 Å². The van der Waals surface area contributed by atoms with Crippen molar-refractivity contribution in [3.63, 3.8) is 0 Å². The summed E-state index contributed by atoms with van der Waals surface area (Å²) in [6, 6.07) is 10.1. The molecule has 0 aromatic heterocycles. The molecule has 1 amide bonds. The molecule has 0 saturated carbocycles. The van der Waals surface area contributed by atoms with Gasteiger partial charge in [0, 0.05) is 18.7 Å². The number of sulfonamides is 1. The van der Waals surface area contributed by atoms with Crippen molar-refractivity contribution in [1.82, 2.24) is 4.31 Å². The van der Waals surface area contributed by atoms with Crippen LogP contribution in [0.1, 0.15) is 29.8 Å². The molecule has 0 unspecified atom stereocenters. The van der Waals surface area contributed by atoms with Gasteiger partial charge in [0.05, 0.1) is 10.6 Å². The Morgan fingerprint density at radius 3 is 2.44 bits per heavy atom. The molecule has 0 atom stereocenters. The molecule has 0 spiro atoms. The zero-order chi connectivity index (χ0) is 18.6. The van der Waals surface area contributed by atoms with Crippen LogP contribution in [0.4, 0.5) is 10.1 Å². The molecule has 7 heteroatoms. The summed E-state index contributed by atoms with van der Waals surface area (Å²) < 4.78 is 40.2. The third-order valence-corrected chi connectivity index (χ3v) is 5.86. The zero-order valence-corrected chi connectivity index (χ0v) is 15.2. The number of amides is 1. The van der Waals surface area contributed by atoms with Crippen LogP contribution < -0.4 is 5.32 Å². The summed E-state index contributed by atoms with van der Waals surface area (Å²) in [6.07, 6.45) is 0. The number of hydrogen-bond donors (Lipinski definition) is 1. The second-order valence-electron chi connectivity index (χ2n) is 5.55. The monoisotopic (exact) mass is 364 g/mol. The van der Waals surface area contributed by atoms with Crippen LogP contribution in [-0.2, 0) is 10.0 Å². The molecule has 0 radical (unpaired) electrons. The normalized spacial score (nSPS) is 11.6. The molecule has 5 nitrogen and oxygen atoms in total. The highest BCUT2D eigenvalue weighted by Crippen LogP contribution is 2.20. The maximum atomic E-state index is 13.8. The molecular weight excluding hydrogens is 343 g/mol. The second kappa shape index (κ2) is 7.76. The van der Waals surface area contributed by atoms with Crippen LogP contribution in [0.15, 0.2) is 47.4 Å². The lowest BCUT2D eigenvalue weighted by Crippen LogP contribution is -2.30. The van der Waals surface area contributed by atoms with E-state index in [0.29, 0.717) is 13.1 Å². The molecule has 2 aromatic carbocycles. The van der Waals surface area contributed by atoms with Gasteiger partial charge in [-0.1, -0.05) is 26.0 Å². The molecule has 0 fully saturated rings. The van der Waals surface area contributed by atoms with E-state index in [1.807, 2.05) is 0 Å². The summed E-state index contributed by atoms with van der Waals surface area (Å²) in [6.45, 7) is 5.95. The van der Waals surface area contributed by atoms with Gasteiger partial charge in [-0.3, -0.25) is 4.79 Å². The van der Waals surface area contributed by atoms with Gasteiger partial charge in [-0.25, -0.2) is 12.8 Å². The molecule has 0 bridgehead atoms. The second-order valence-corrected chi connectivity index (χ2v) is 7.49. The third-order valence-electron chi connectivity index (χ3n) is 3.81. The fraction of sp³-hybridized carbons (Fsp3) is 0.278. The van der Waals surface area contributed by atoms with Crippen LogP contribution in [-0.4, -0.2) is 31.7 Å². The van der Waals surface area contributed by atoms with Crippen molar-refractivity contribution in [3.05, 3.63) is 59.4 Å². The molecule has 0 heterocycles. The van der Waals surface area contributed by atoms with E-state index in [9.17, 15) is 17.6 Å². The summed E-state index contributed by atoms with van der Waals surface area (Å²) in [5, 5.41) is 2.48. The lowest BCUT2D eigenvalue weighted by atomic mass is 10.2. The van der Waals surface area contributed by atoms with E-state index in [0.717, 1.165) is 5.56 Å². The molecule has 0 aliphatic heterocycles. The van der Waals surface area contributed by atoms with E-state index in [1.165, 1.54) is 40.7 Å². The number of anilines is 1. The van der Waals surface area contributed by atoms with Gasteiger partial charge in [0.25, 0.3) is 5.91 Å². The van der Waals surface area contributed by atoms with Crippen LogP contribution in [0, 0.1) is 12.7 Å². The first-order valence-corrected chi connectivity index (χ1v) is 9.41. The highest BCUT2D eigenvalue weighted by molar-refractivity contribution is 7.89. The minimum absolute atomic E-state index is 0.0357. The summed E-state index contributed by atoms with van der Waals surface area (Å²) in [5.41, 5.74) is 1.01. The molecule has 0 aliphatic carbocycles. The Balaban J connectivity index is 2.32. The zero-order valence-electron chi connectivity index (χ0n) is 14.4. The summed E-state index contributed by atoms with van der Waals surface area (Å²) in [7, 11) is -3.67. The maximum absolute atomic E-state index is 13.8. The quantitative estimate of drug-likeness (QED) is 0.854. The van der Waals surface area contributed by atoms with Crippen molar-refractivity contribution >= 4 is 21.6 Å². The number of halogens is 1. The maximum Gasteiger partial charge on any atom is 0.255 e. The first-order valence-electron chi connectivity index (χ1n) is 7.97. The minimum Gasteiger partial charge on any atom is -0.319 e. The van der Waals surface area contributed by atoms with Crippen molar-refractivity contribution < 1.29 is 17.6 Å². The van der Waals surface area contributed by atoms with Crippen LogP contribution in [0.5, 0.6) is 0 Å². The van der Waals surface area contributed by atoms with Crippen LogP contribution in [0.2, 0.25) is 0 Å². The Hall–Kier alpha value is -2.25. The Morgan fingerprint density at radius 2 is 1.80 bits per heavy atom. The number of benzene rings is 2. The van der Waals surface area contributed by atoms with E-state index in [1.54, 1.807) is 26.8 Å². The molecule has 0 aliphatic rings. The van der Waals surface area contributed by atoms with E-state index in [2.05, 4.69) is 5.32 Å². The molecular formula is C18H21FN2O3S. The Labute approximate surface area is 147 Å². The van der Waals surface area contributed by atoms with Crippen LogP contribution >= 0.6 is 0 Å². The van der Waals surface area contributed by atoms with Gasteiger partial charge in [-0.05, 0) is 42.8 Å². The summed E-state index contributed by atoms with van der Waals surface area (Å²) in [5.74, 6) is -1.12. The first kappa shape index (κ1) is 19.1. The molecule has 2 rings (SSSR count). The number of carbonyl (C=O) groups is 1. The van der Waals surface area contributed by atoms with Crippen molar-refractivity contribution in [2.24, 2.45) is 0 Å². The number of aryl methyl sites for hydroxylation is 1. The number of hydrogen-bond acceptors (Lipinski definition) is 3. The van der Waals surface area contributed by atoms with E-state index < -0.39 is 21.7 Å². The van der Waals surface area contributed by atoms with Gasteiger partial charge in [0.1, 0.15) is 5.82 Å². The summed E-state index contributed by atoms with van der Waals surface area (Å²) in [4.78, 5) is 12.4. The minimum atomic E-state index is -3.67. The molecule has 25 heavy (non-hydrogen) atoms. The number of rotatable bonds is 6. The van der Waals surface area contributed by atoms with Gasteiger partial charge in [0.2, 0.25) is 10.0 Å². The Bertz CT molecular complexity index is 878. The lowest BCUT2D eigenvalue weighted by molar-refractivity contribution is 0.102. The molecule has 2 aromatic rings. The first-order chi connectivity index (χ1) is 11.8. The average molecular weight is 364 g/mol. The fourth-order valence-corrected chi connectivity index (χ4v) is 3.94. The van der Waals surface area contributed by atoms with Crippen LogP contribution in [0.25, 0.3) is 0 Å². The highest BCUT2D eigenvalue weighted by atomic mass is 32.2. The number of nitrogens with one attached hydrogen (secondary N) is 1. The predicted octanol–water partition coefficient (Wildman–Crippen LogP) is 3.42. The van der Waals surface area contributed by atoms with Gasteiger partial charge >= 0.3 is 0 Å². The molecule has 134 valence electrons. The highest BCUT2D eigenvalue weighted by Gasteiger charge is 2.22. The smallest absolute Gasteiger partial charge is 0.255 e. The predicted molar refractivity (Wildman–Crippen MR) is 95.6 cm³/mol. The van der Waals surface area contributed by atoms with E-state index >= 15 is 0 Å². The molecule has 1 N–H and O–H groups in total. The van der Waals surface area contributed by atoms with Crippen molar-refractivity contribution in [3.8, 4) is 0 Å². The molecule has 0 saturated heterocycles. The van der Waals surface area contributed by atoms with E-state index in [-0.39, 0.29) is 16.1 Å². The Morgan fingerprint density at radius 1 is 1.12 bits per heavy atom. The number of carbonyl (C=O) groups excluding carboxylic acids is 1. The topological polar surface area (TPSA) is 66.5 Å².